The third-order valence-electron chi connectivity index (χ3n) is 7.91. The van der Waals surface area contributed by atoms with E-state index >= 15 is 0 Å². The largest absolute Gasteiger partial charge is 0.295 e. The van der Waals surface area contributed by atoms with Crippen LogP contribution in [0.4, 0.5) is 4.39 Å². The highest BCUT2D eigenvalue weighted by molar-refractivity contribution is 5.92. The molecule has 0 bridgehead atoms. The summed E-state index contributed by atoms with van der Waals surface area (Å²) in [4.78, 5) is 24.6. The van der Waals surface area contributed by atoms with E-state index < -0.39 is 6.17 Å². The number of rotatable bonds is 10. The highest BCUT2D eigenvalue weighted by atomic mass is 19.1. The van der Waals surface area contributed by atoms with Gasteiger partial charge in [-0.05, 0) is 86.7 Å². The number of halogens is 1. The summed E-state index contributed by atoms with van der Waals surface area (Å²) in [7, 11) is 0. The van der Waals surface area contributed by atoms with E-state index in [9.17, 15) is 14.0 Å². The van der Waals surface area contributed by atoms with Gasteiger partial charge in [-0.1, -0.05) is 53.2 Å². The summed E-state index contributed by atoms with van der Waals surface area (Å²) in [5, 5.41) is 0. The number of ketones is 2. The minimum Gasteiger partial charge on any atom is -0.295 e. The van der Waals surface area contributed by atoms with Crippen LogP contribution in [0.2, 0.25) is 0 Å². The van der Waals surface area contributed by atoms with Crippen LogP contribution in [0.1, 0.15) is 85.5 Å². The monoisotopic (exact) mass is 418 g/mol. The zero-order valence-corrected chi connectivity index (χ0v) is 19.6. The standard InChI is InChI=1S/C27H43FO2/c1-6-9-20-16-21(12-14-23(20)18(3)4)27(30)11-8-10-19(5)24-15-13-22(17-25(24)28)26(29)7-2/h7-8,11,18-25H,2,6,9-10,12-17H2,1,3-5H3/b11-8+. The van der Waals surface area contributed by atoms with Crippen molar-refractivity contribution in [1.82, 2.24) is 0 Å². The molecule has 2 aliphatic rings. The second kappa shape index (κ2) is 12.0. The summed E-state index contributed by atoms with van der Waals surface area (Å²) in [5.41, 5.74) is 0. The molecule has 0 N–H and O–H groups in total. The molecule has 0 aromatic heterocycles. The van der Waals surface area contributed by atoms with Crippen molar-refractivity contribution in [2.24, 2.45) is 41.4 Å². The number of carbonyl (C=O) groups excluding carboxylic acids is 2. The van der Waals surface area contributed by atoms with E-state index in [1.165, 1.54) is 25.3 Å². The fraction of sp³-hybridized carbons (Fsp3) is 0.778. The summed E-state index contributed by atoms with van der Waals surface area (Å²) in [6.45, 7) is 12.5. The molecule has 0 saturated heterocycles. The van der Waals surface area contributed by atoms with Gasteiger partial charge >= 0.3 is 0 Å². The summed E-state index contributed by atoms with van der Waals surface area (Å²) >= 11 is 0. The molecule has 7 unspecified atom stereocenters. The average molecular weight is 419 g/mol. The van der Waals surface area contributed by atoms with Crippen LogP contribution in [0.5, 0.6) is 0 Å². The number of hydrogen-bond acceptors (Lipinski definition) is 2. The van der Waals surface area contributed by atoms with Gasteiger partial charge in [-0.3, -0.25) is 9.59 Å². The van der Waals surface area contributed by atoms with Gasteiger partial charge in [0.1, 0.15) is 6.17 Å². The Bertz CT molecular complexity index is 608. The van der Waals surface area contributed by atoms with E-state index in [0.717, 1.165) is 38.0 Å². The van der Waals surface area contributed by atoms with Gasteiger partial charge in [0, 0.05) is 11.8 Å². The first-order valence-corrected chi connectivity index (χ1v) is 12.3. The Kier molecular flexibility index (Phi) is 9.97. The second-order valence-corrected chi connectivity index (χ2v) is 10.3. The van der Waals surface area contributed by atoms with Crippen LogP contribution in [0, 0.1) is 41.4 Å². The summed E-state index contributed by atoms with van der Waals surface area (Å²) < 4.78 is 14.7. The molecule has 0 spiro atoms. The van der Waals surface area contributed by atoms with Gasteiger partial charge in [-0.25, -0.2) is 4.39 Å². The van der Waals surface area contributed by atoms with Gasteiger partial charge < -0.3 is 0 Å². The van der Waals surface area contributed by atoms with Crippen LogP contribution in [-0.2, 0) is 9.59 Å². The Labute approximate surface area is 183 Å². The summed E-state index contributed by atoms with van der Waals surface area (Å²) in [6, 6.07) is 0. The van der Waals surface area contributed by atoms with Gasteiger partial charge in [0.15, 0.2) is 11.6 Å². The van der Waals surface area contributed by atoms with Crippen molar-refractivity contribution < 1.29 is 14.0 Å². The molecule has 0 aliphatic heterocycles. The maximum Gasteiger partial charge on any atom is 0.158 e. The predicted molar refractivity (Wildman–Crippen MR) is 123 cm³/mol. The van der Waals surface area contributed by atoms with Gasteiger partial charge in [-0.15, -0.1) is 0 Å². The maximum absolute atomic E-state index is 14.7. The highest BCUT2D eigenvalue weighted by Gasteiger charge is 2.36. The van der Waals surface area contributed by atoms with Crippen LogP contribution >= 0.6 is 0 Å². The van der Waals surface area contributed by atoms with E-state index in [4.69, 9.17) is 0 Å². The summed E-state index contributed by atoms with van der Waals surface area (Å²) in [5.74, 6) is 2.49. The van der Waals surface area contributed by atoms with Crippen molar-refractivity contribution in [3.05, 3.63) is 24.8 Å². The topological polar surface area (TPSA) is 34.1 Å². The van der Waals surface area contributed by atoms with E-state index in [2.05, 4.69) is 34.3 Å². The van der Waals surface area contributed by atoms with Gasteiger partial charge in [0.05, 0.1) is 0 Å². The van der Waals surface area contributed by atoms with E-state index in [-0.39, 0.29) is 35.2 Å². The number of alkyl halides is 1. The van der Waals surface area contributed by atoms with Crippen LogP contribution in [-0.4, -0.2) is 17.7 Å². The van der Waals surface area contributed by atoms with Crippen molar-refractivity contribution in [1.29, 1.82) is 0 Å². The van der Waals surface area contributed by atoms with E-state index in [1.807, 2.05) is 6.08 Å². The molecule has 170 valence electrons. The second-order valence-electron chi connectivity index (χ2n) is 10.3. The fourth-order valence-electron chi connectivity index (χ4n) is 6.04. The van der Waals surface area contributed by atoms with Crippen LogP contribution in [0.15, 0.2) is 24.8 Å². The molecule has 0 aromatic carbocycles. The SMILES string of the molecule is C=CC(=O)C1CCC(C(C)C/C=C/C(=O)C2CCC(C(C)C)C(CCC)C2)C(F)C1. The third kappa shape index (κ3) is 6.62. The van der Waals surface area contributed by atoms with Gasteiger partial charge in [0.2, 0.25) is 0 Å². The van der Waals surface area contributed by atoms with Gasteiger partial charge in [-0.2, -0.15) is 0 Å². The van der Waals surface area contributed by atoms with Crippen molar-refractivity contribution in [3.63, 3.8) is 0 Å². The van der Waals surface area contributed by atoms with Crippen LogP contribution < -0.4 is 0 Å². The quantitative estimate of drug-likeness (QED) is 0.353. The molecule has 2 rings (SSSR count). The lowest BCUT2D eigenvalue weighted by atomic mass is 9.67. The molecule has 0 heterocycles. The van der Waals surface area contributed by atoms with Gasteiger partial charge in [0.25, 0.3) is 0 Å². The maximum atomic E-state index is 14.7. The Morgan fingerprint density at radius 1 is 1.00 bits per heavy atom. The minimum atomic E-state index is -0.937. The molecule has 0 aromatic rings. The van der Waals surface area contributed by atoms with E-state index in [1.54, 1.807) is 6.08 Å². The van der Waals surface area contributed by atoms with Crippen molar-refractivity contribution in [2.45, 2.75) is 91.7 Å². The highest BCUT2D eigenvalue weighted by Crippen LogP contribution is 2.41. The normalized spacial score (nSPS) is 33.5. The number of hydrogen-bond donors (Lipinski definition) is 0. The smallest absolute Gasteiger partial charge is 0.158 e. The molecular formula is C27H43FO2. The predicted octanol–water partition coefficient (Wildman–Crippen LogP) is 7.14. The molecule has 2 aliphatic carbocycles. The van der Waals surface area contributed by atoms with Crippen LogP contribution in [0.25, 0.3) is 0 Å². The first-order chi connectivity index (χ1) is 14.3. The molecular weight excluding hydrogens is 375 g/mol. The minimum absolute atomic E-state index is 0.0194. The molecule has 30 heavy (non-hydrogen) atoms. The Hall–Kier alpha value is -1.25. The molecule has 3 heteroatoms. The first kappa shape index (κ1) is 25.0. The Morgan fingerprint density at radius 2 is 1.63 bits per heavy atom. The molecule has 7 atom stereocenters. The van der Waals surface area contributed by atoms with E-state index in [0.29, 0.717) is 18.3 Å². The Morgan fingerprint density at radius 3 is 2.20 bits per heavy atom. The molecule has 0 radical (unpaired) electrons. The van der Waals surface area contributed by atoms with Crippen molar-refractivity contribution in [3.8, 4) is 0 Å². The molecule has 0 amide bonds. The Balaban J connectivity index is 1.84. The zero-order chi connectivity index (χ0) is 22.3. The lowest BCUT2D eigenvalue weighted by molar-refractivity contribution is -0.121. The van der Waals surface area contributed by atoms with Crippen LogP contribution in [0.3, 0.4) is 0 Å². The third-order valence-corrected chi connectivity index (χ3v) is 7.91. The lowest BCUT2D eigenvalue weighted by Gasteiger charge is -2.37. The zero-order valence-electron chi connectivity index (χ0n) is 19.6. The number of carbonyl (C=O) groups is 2. The molecule has 2 saturated carbocycles. The average Bonchev–Trinajstić information content (AvgIpc) is 2.72. The number of allylic oxidation sites excluding steroid dienone is 3. The lowest BCUT2D eigenvalue weighted by Crippen LogP contribution is -2.33. The summed E-state index contributed by atoms with van der Waals surface area (Å²) in [6.07, 6.45) is 12.3. The first-order valence-electron chi connectivity index (χ1n) is 12.3. The molecule has 2 fully saturated rings. The molecule has 2 nitrogen and oxygen atoms in total. The van der Waals surface area contributed by atoms with Crippen molar-refractivity contribution in [2.75, 3.05) is 0 Å². The van der Waals surface area contributed by atoms with Crippen molar-refractivity contribution >= 4 is 11.6 Å². The fourth-order valence-corrected chi connectivity index (χ4v) is 6.04.